The largest absolute Gasteiger partial charge is 0.480 e. The molecule has 5 heteroatoms. The van der Waals surface area contributed by atoms with E-state index in [9.17, 15) is 9.59 Å². The number of hydrogen-bond acceptors (Lipinski definition) is 3. The van der Waals surface area contributed by atoms with E-state index in [1.165, 1.54) is 10.6 Å². The van der Waals surface area contributed by atoms with Gasteiger partial charge in [-0.05, 0) is 24.8 Å². The van der Waals surface area contributed by atoms with Gasteiger partial charge in [-0.2, -0.15) is 0 Å². The van der Waals surface area contributed by atoms with E-state index in [0.717, 1.165) is 30.5 Å². The van der Waals surface area contributed by atoms with E-state index in [4.69, 9.17) is 10.8 Å². The molecule has 1 atom stereocenters. The van der Waals surface area contributed by atoms with Gasteiger partial charge in [0.1, 0.15) is 6.04 Å². The van der Waals surface area contributed by atoms with Crippen molar-refractivity contribution in [2.45, 2.75) is 31.8 Å². The number of fused-ring (bicyclic) bond motifs is 1. The maximum absolute atomic E-state index is 11.7. The first kappa shape index (κ1) is 10.9. The highest BCUT2D eigenvalue weighted by Crippen LogP contribution is 2.19. The average molecular weight is 222 g/mol. The Hall–Kier alpha value is -1.62. The second-order valence-electron chi connectivity index (χ2n) is 4.05. The molecule has 1 unspecified atom stereocenters. The number of rotatable bonds is 3. The molecular formula is C11H14N2O3. The van der Waals surface area contributed by atoms with E-state index in [1.807, 2.05) is 6.07 Å². The quantitative estimate of drug-likeness (QED) is 0.738. The molecule has 1 aromatic heterocycles. The molecule has 86 valence electrons. The predicted octanol–water partition coefficient (Wildman–Crippen LogP) is -0.251. The Labute approximate surface area is 92.5 Å². The smallest absolute Gasteiger partial charge is 0.322 e. The third-order valence-electron chi connectivity index (χ3n) is 2.95. The first-order valence-corrected chi connectivity index (χ1v) is 5.29. The highest BCUT2D eigenvalue weighted by atomic mass is 16.4. The zero-order valence-electron chi connectivity index (χ0n) is 8.85. The first-order valence-electron chi connectivity index (χ1n) is 5.29. The van der Waals surface area contributed by atoms with Crippen molar-refractivity contribution in [3.05, 3.63) is 33.7 Å². The molecule has 0 saturated heterocycles. The van der Waals surface area contributed by atoms with Gasteiger partial charge in [-0.25, -0.2) is 0 Å². The van der Waals surface area contributed by atoms with Crippen molar-refractivity contribution < 1.29 is 9.90 Å². The summed E-state index contributed by atoms with van der Waals surface area (Å²) in [6.45, 7) is 0.0529. The zero-order chi connectivity index (χ0) is 11.7. The predicted molar refractivity (Wildman–Crippen MR) is 58.3 cm³/mol. The lowest BCUT2D eigenvalue weighted by atomic mass is 10.2. The summed E-state index contributed by atoms with van der Waals surface area (Å²) in [5, 5.41) is 8.74. The first-order chi connectivity index (χ1) is 7.59. The molecule has 3 N–H and O–H groups in total. The molecular weight excluding hydrogens is 208 g/mol. The van der Waals surface area contributed by atoms with E-state index in [2.05, 4.69) is 0 Å². The normalized spacial score (nSPS) is 15.8. The van der Waals surface area contributed by atoms with Gasteiger partial charge in [-0.15, -0.1) is 0 Å². The van der Waals surface area contributed by atoms with Crippen molar-refractivity contribution in [2.75, 3.05) is 0 Å². The van der Waals surface area contributed by atoms with E-state index >= 15 is 0 Å². The third-order valence-corrected chi connectivity index (χ3v) is 2.95. The summed E-state index contributed by atoms with van der Waals surface area (Å²) in [5.41, 5.74) is 7.37. The number of carboxylic acid groups (broad SMARTS) is 1. The maximum Gasteiger partial charge on any atom is 0.322 e. The van der Waals surface area contributed by atoms with Gasteiger partial charge in [0.15, 0.2) is 0 Å². The number of pyridine rings is 1. The summed E-state index contributed by atoms with van der Waals surface area (Å²) in [7, 11) is 0. The summed E-state index contributed by atoms with van der Waals surface area (Å²) >= 11 is 0. The lowest BCUT2D eigenvalue weighted by Gasteiger charge is -2.14. The molecule has 1 aromatic rings. The van der Waals surface area contributed by atoms with Crippen molar-refractivity contribution in [3.63, 3.8) is 0 Å². The number of nitrogens with two attached hydrogens (primary N) is 1. The molecule has 0 saturated carbocycles. The monoisotopic (exact) mass is 222 g/mol. The second-order valence-corrected chi connectivity index (χ2v) is 4.05. The van der Waals surface area contributed by atoms with Gasteiger partial charge >= 0.3 is 5.97 Å². The SMILES string of the molecule is NC(Cn1c2c(ccc1=O)CCC2)C(=O)O. The molecule has 0 bridgehead atoms. The van der Waals surface area contributed by atoms with Crippen LogP contribution < -0.4 is 11.3 Å². The fourth-order valence-corrected chi connectivity index (χ4v) is 2.11. The van der Waals surface area contributed by atoms with Gasteiger partial charge in [0.05, 0.1) is 6.54 Å². The molecule has 0 radical (unpaired) electrons. The third kappa shape index (κ3) is 1.86. The molecule has 0 spiro atoms. The molecule has 1 heterocycles. The zero-order valence-corrected chi connectivity index (χ0v) is 8.85. The van der Waals surface area contributed by atoms with Crippen LogP contribution in [0.15, 0.2) is 16.9 Å². The minimum atomic E-state index is -1.08. The summed E-state index contributed by atoms with van der Waals surface area (Å²) in [6, 6.07) is 2.29. The van der Waals surface area contributed by atoms with Gasteiger partial charge in [0.2, 0.25) is 0 Å². The molecule has 0 aromatic carbocycles. The van der Waals surface area contributed by atoms with Gasteiger partial charge in [-0.1, -0.05) is 6.07 Å². The Morgan fingerprint density at radius 1 is 1.50 bits per heavy atom. The van der Waals surface area contributed by atoms with Crippen LogP contribution in [0.1, 0.15) is 17.7 Å². The fraction of sp³-hybridized carbons (Fsp3) is 0.455. The highest BCUT2D eigenvalue weighted by molar-refractivity contribution is 5.72. The fourth-order valence-electron chi connectivity index (χ4n) is 2.11. The molecule has 2 rings (SSSR count). The number of aromatic nitrogens is 1. The summed E-state index contributed by atoms with van der Waals surface area (Å²) in [4.78, 5) is 22.3. The maximum atomic E-state index is 11.7. The molecule has 0 fully saturated rings. The van der Waals surface area contributed by atoms with Crippen molar-refractivity contribution in [1.29, 1.82) is 0 Å². The van der Waals surface area contributed by atoms with Crippen molar-refractivity contribution in [2.24, 2.45) is 5.73 Å². The lowest BCUT2D eigenvalue weighted by Crippen LogP contribution is -2.39. The van der Waals surface area contributed by atoms with E-state index in [1.54, 1.807) is 0 Å². The van der Waals surface area contributed by atoms with Crippen LogP contribution in [0.4, 0.5) is 0 Å². The van der Waals surface area contributed by atoms with E-state index in [-0.39, 0.29) is 12.1 Å². The van der Waals surface area contributed by atoms with Crippen LogP contribution >= 0.6 is 0 Å². The van der Waals surface area contributed by atoms with Crippen LogP contribution in [0.5, 0.6) is 0 Å². The number of aliphatic carboxylic acids is 1. The van der Waals surface area contributed by atoms with Gasteiger partial charge < -0.3 is 15.4 Å². The Morgan fingerprint density at radius 2 is 2.25 bits per heavy atom. The van der Waals surface area contributed by atoms with E-state index in [0.29, 0.717) is 0 Å². The number of aryl methyl sites for hydroxylation is 1. The molecule has 1 aliphatic carbocycles. The molecule has 1 aliphatic rings. The van der Waals surface area contributed by atoms with Gasteiger partial charge in [-0.3, -0.25) is 9.59 Å². The second kappa shape index (κ2) is 4.09. The Bertz CT molecular complexity index is 479. The van der Waals surface area contributed by atoms with Gasteiger partial charge in [0, 0.05) is 11.8 Å². The molecule has 0 aliphatic heterocycles. The minimum Gasteiger partial charge on any atom is -0.480 e. The summed E-state index contributed by atoms with van der Waals surface area (Å²) in [5.74, 6) is -1.08. The Kier molecular flexibility index (Phi) is 2.78. The van der Waals surface area contributed by atoms with Crippen LogP contribution in [-0.4, -0.2) is 21.7 Å². The van der Waals surface area contributed by atoms with Crippen LogP contribution in [0, 0.1) is 0 Å². The summed E-state index contributed by atoms with van der Waals surface area (Å²) < 4.78 is 1.50. The van der Waals surface area contributed by atoms with Crippen LogP contribution in [0.25, 0.3) is 0 Å². The van der Waals surface area contributed by atoms with Crippen molar-refractivity contribution >= 4 is 5.97 Å². The van der Waals surface area contributed by atoms with E-state index < -0.39 is 12.0 Å². The molecule has 16 heavy (non-hydrogen) atoms. The van der Waals surface area contributed by atoms with Crippen molar-refractivity contribution in [1.82, 2.24) is 4.57 Å². The highest BCUT2D eigenvalue weighted by Gasteiger charge is 2.19. The number of hydrogen-bond donors (Lipinski definition) is 2. The van der Waals surface area contributed by atoms with Gasteiger partial charge in [0.25, 0.3) is 5.56 Å². The van der Waals surface area contributed by atoms with Crippen LogP contribution in [0.2, 0.25) is 0 Å². The molecule has 5 nitrogen and oxygen atoms in total. The Morgan fingerprint density at radius 3 is 2.94 bits per heavy atom. The number of carbonyl (C=O) groups is 1. The van der Waals surface area contributed by atoms with Crippen molar-refractivity contribution in [3.8, 4) is 0 Å². The topological polar surface area (TPSA) is 85.3 Å². The van der Waals surface area contributed by atoms with Crippen LogP contribution in [-0.2, 0) is 24.2 Å². The standard InChI is InChI=1S/C11H14N2O3/c12-8(11(15)16)6-13-9-3-1-2-7(9)4-5-10(13)14/h4-5,8H,1-3,6,12H2,(H,15,16). The summed E-state index contributed by atoms with van der Waals surface area (Å²) in [6.07, 6.45) is 2.80. The Balaban J connectivity index is 2.37. The number of nitrogens with zero attached hydrogens (tertiary/aromatic N) is 1. The van der Waals surface area contributed by atoms with Crippen LogP contribution in [0.3, 0.4) is 0 Å². The average Bonchev–Trinajstić information content (AvgIpc) is 2.70. The number of carboxylic acids is 1. The minimum absolute atomic E-state index is 0.0529. The molecule has 0 amide bonds. The lowest BCUT2D eigenvalue weighted by molar-refractivity contribution is -0.138.